The molecule has 0 unspecified atom stereocenters. The quantitative estimate of drug-likeness (QED) is 0.344. The predicted molar refractivity (Wildman–Crippen MR) is 104 cm³/mol. The molecule has 0 fully saturated rings. The second-order valence-electron chi connectivity index (χ2n) is 6.25. The number of carbonyl (C=O) groups is 1. The molecule has 1 amide bonds. The van der Waals surface area contributed by atoms with Crippen molar-refractivity contribution in [2.24, 2.45) is 10.7 Å². The van der Waals surface area contributed by atoms with Crippen molar-refractivity contribution < 1.29 is 27.1 Å². The summed E-state index contributed by atoms with van der Waals surface area (Å²) < 4.78 is 57.9. The molecule has 30 heavy (non-hydrogen) atoms. The monoisotopic (exact) mass is 426 g/mol. The minimum Gasteiger partial charge on any atom is -0.484 e. The molecule has 0 bridgehead atoms. The summed E-state index contributed by atoms with van der Waals surface area (Å²) in [5.74, 6) is -0.819. The van der Waals surface area contributed by atoms with E-state index in [4.69, 9.17) is 10.5 Å². The number of ether oxygens (including phenoxy) is 1. The van der Waals surface area contributed by atoms with Gasteiger partial charge in [-0.25, -0.2) is 9.38 Å². The largest absolute Gasteiger partial charge is 0.484 e. The van der Waals surface area contributed by atoms with Crippen molar-refractivity contribution in [3.05, 3.63) is 65.0 Å². The Morgan fingerprint density at radius 3 is 2.60 bits per heavy atom. The lowest BCUT2D eigenvalue weighted by molar-refractivity contribution is -0.138. The number of nitrogens with one attached hydrogen (secondary N) is 2. The van der Waals surface area contributed by atoms with Crippen LogP contribution in [-0.2, 0) is 24.1 Å². The third-order valence-electron chi connectivity index (χ3n) is 3.87. The number of primary amides is 1. The summed E-state index contributed by atoms with van der Waals surface area (Å²) in [4.78, 5) is 15.1. The second-order valence-corrected chi connectivity index (χ2v) is 6.25. The maximum atomic E-state index is 13.2. The Balaban J connectivity index is 2.09. The van der Waals surface area contributed by atoms with Crippen molar-refractivity contribution in [2.45, 2.75) is 26.2 Å². The molecule has 2 aromatic carbocycles. The number of hydrogen-bond acceptors (Lipinski definition) is 3. The van der Waals surface area contributed by atoms with Gasteiger partial charge in [0.2, 0.25) is 0 Å². The average Bonchev–Trinajstić information content (AvgIpc) is 2.69. The van der Waals surface area contributed by atoms with Gasteiger partial charge < -0.3 is 21.1 Å². The number of alkyl halides is 3. The van der Waals surface area contributed by atoms with Crippen LogP contribution < -0.4 is 21.1 Å². The van der Waals surface area contributed by atoms with Gasteiger partial charge in [0.15, 0.2) is 12.6 Å². The zero-order valence-corrected chi connectivity index (χ0v) is 16.2. The van der Waals surface area contributed by atoms with E-state index in [9.17, 15) is 22.4 Å². The number of benzene rings is 2. The first-order valence-electron chi connectivity index (χ1n) is 9.07. The molecular formula is C20H22F4N4O2. The van der Waals surface area contributed by atoms with E-state index < -0.39 is 23.5 Å². The number of rotatable bonds is 8. The van der Waals surface area contributed by atoms with Crippen LogP contribution in [0.5, 0.6) is 5.75 Å². The van der Waals surface area contributed by atoms with Gasteiger partial charge in [-0.05, 0) is 42.3 Å². The van der Waals surface area contributed by atoms with Crippen LogP contribution in [0.4, 0.5) is 17.6 Å². The van der Waals surface area contributed by atoms with Gasteiger partial charge in [-0.2, -0.15) is 13.2 Å². The third-order valence-corrected chi connectivity index (χ3v) is 3.87. The molecule has 0 aliphatic carbocycles. The van der Waals surface area contributed by atoms with Crippen LogP contribution >= 0.6 is 0 Å². The van der Waals surface area contributed by atoms with Gasteiger partial charge in [-0.3, -0.25) is 4.79 Å². The number of nitrogens with two attached hydrogens (primary N) is 1. The van der Waals surface area contributed by atoms with Crippen molar-refractivity contribution in [2.75, 3.05) is 13.2 Å². The maximum Gasteiger partial charge on any atom is 0.416 e. The van der Waals surface area contributed by atoms with Gasteiger partial charge in [-0.15, -0.1) is 0 Å². The van der Waals surface area contributed by atoms with Crippen LogP contribution in [0.15, 0.2) is 47.5 Å². The summed E-state index contributed by atoms with van der Waals surface area (Å²) in [7, 11) is 0. The highest BCUT2D eigenvalue weighted by Gasteiger charge is 2.33. The summed E-state index contributed by atoms with van der Waals surface area (Å²) in [6.07, 6.45) is -4.67. The van der Waals surface area contributed by atoms with Gasteiger partial charge >= 0.3 is 6.18 Å². The number of halogens is 4. The van der Waals surface area contributed by atoms with E-state index in [-0.39, 0.29) is 25.3 Å². The molecule has 0 radical (unpaired) electrons. The fourth-order valence-electron chi connectivity index (χ4n) is 2.55. The van der Waals surface area contributed by atoms with Crippen LogP contribution in [0.2, 0.25) is 0 Å². The first-order valence-corrected chi connectivity index (χ1v) is 9.07. The molecule has 0 saturated carbocycles. The molecule has 162 valence electrons. The second kappa shape index (κ2) is 10.5. The molecule has 0 atom stereocenters. The van der Waals surface area contributed by atoms with Crippen LogP contribution in [0.25, 0.3) is 0 Å². The van der Waals surface area contributed by atoms with E-state index in [1.165, 1.54) is 0 Å². The van der Waals surface area contributed by atoms with E-state index in [0.717, 1.165) is 17.7 Å². The topological polar surface area (TPSA) is 88.7 Å². The average molecular weight is 426 g/mol. The van der Waals surface area contributed by atoms with Gasteiger partial charge in [0.05, 0.1) is 12.1 Å². The smallest absolute Gasteiger partial charge is 0.416 e. The first-order chi connectivity index (χ1) is 14.2. The van der Waals surface area contributed by atoms with Gasteiger partial charge in [-0.1, -0.05) is 18.2 Å². The Labute approximate surface area is 171 Å². The summed E-state index contributed by atoms with van der Waals surface area (Å²) >= 11 is 0. The highest BCUT2D eigenvalue weighted by molar-refractivity contribution is 5.79. The molecule has 0 spiro atoms. The lowest BCUT2D eigenvalue weighted by Crippen LogP contribution is -2.37. The number of carbonyl (C=O) groups excluding carboxylic acids is 1. The zero-order valence-electron chi connectivity index (χ0n) is 16.2. The van der Waals surface area contributed by atoms with Crippen LogP contribution in [0.3, 0.4) is 0 Å². The fraction of sp³-hybridized carbons (Fsp3) is 0.300. The molecule has 2 aromatic rings. The Kier molecular flexibility index (Phi) is 8.02. The number of amides is 1. The van der Waals surface area contributed by atoms with E-state index >= 15 is 0 Å². The molecule has 0 saturated heterocycles. The van der Waals surface area contributed by atoms with Crippen molar-refractivity contribution in [3.63, 3.8) is 0 Å². The van der Waals surface area contributed by atoms with Crippen LogP contribution in [-0.4, -0.2) is 25.0 Å². The van der Waals surface area contributed by atoms with E-state index in [1.54, 1.807) is 24.3 Å². The summed E-state index contributed by atoms with van der Waals surface area (Å²) in [6, 6.07) is 9.38. The Bertz CT molecular complexity index is 901. The van der Waals surface area contributed by atoms with Crippen molar-refractivity contribution >= 4 is 11.9 Å². The highest BCUT2D eigenvalue weighted by atomic mass is 19.4. The molecule has 4 N–H and O–H groups in total. The standard InChI is InChI=1S/C20H22F4N4O2/c1-2-26-19(27-10-13-4-3-5-16(8-13)30-12-18(25)29)28-11-14-6-7-15(21)9-17(14)20(22,23)24/h3-9H,2,10-12H2,1H3,(H2,25,29)(H2,26,27,28). The van der Waals surface area contributed by atoms with E-state index in [0.29, 0.717) is 24.3 Å². The fourth-order valence-corrected chi connectivity index (χ4v) is 2.55. The Morgan fingerprint density at radius 1 is 1.17 bits per heavy atom. The SMILES string of the molecule is CCNC(=NCc1cccc(OCC(N)=O)c1)NCc1ccc(F)cc1C(F)(F)F. The molecule has 10 heteroatoms. The van der Waals surface area contributed by atoms with E-state index in [1.807, 2.05) is 6.92 Å². The molecule has 0 aliphatic heterocycles. The van der Waals surface area contributed by atoms with Crippen LogP contribution in [0, 0.1) is 5.82 Å². The van der Waals surface area contributed by atoms with Crippen molar-refractivity contribution in [1.29, 1.82) is 0 Å². The maximum absolute atomic E-state index is 13.2. The summed E-state index contributed by atoms with van der Waals surface area (Å²) in [5, 5.41) is 5.76. The molecule has 0 aromatic heterocycles. The van der Waals surface area contributed by atoms with Crippen molar-refractivity contribution in [1.82, 2.24) is 10.6 Å². The Hall–Kier alpha value is -3.30. The first kappa shape index (κ1) is 23.0. The lowest BCUT2D eigenvalue weighted by atomic mass is 10.1. The zero-order chi connectivity index (χ0) is 22.1. The van der Waals surface area contributed by atoms with Crippen molar-refractivity contribution in [3.8, 4) is 5.75 Å². The summed E-state index contributed by atoms with van der Waals surface area (Å²) in [6.45, 7) is 2.06. The number of nitrogens with zero attached hydrogens (tertiary/aromatic N) is 1. The Morgan fingerprint density at radius 2 is 1.93 bits per heavy atom. The van der Waals surface area contributed by atoms with Gasteiger partial charge in [0.25, 0.3) is 5.91 Å². The normalized spacial score (nSPS) is 11.8. The molecule has 2 rings (SSSR count). The molecule has 0 aliphatic rings. The molecule has 0 heterocycles. The minimum atomic E-state index is -4.67. The van der Waals surface area contributed by atoms with Gasteiger partial charge in [0, 0.05) is 13.1 Å². The number of guanidine groups is 1. The highest BCUT2D eigenvalue weighted by Crippen LogP contribution is 2.32. The number of aliphatic imine (C=N–C) groups is 1. The third kappa shape index (κ3) is 7.26. The number of hydrogen-bond donors (Lipinski definition) is 3. The predicted octanol–water partition coefficient (Wildman–Crippen LogP) is 2.96. The molecular weight excluding hydrogens is 404 g/mol. The van der Waals surface area contributed by atoms with Crippen LogP contribution in [0.1, 0.15) is 23.6 Å². The van der Waals surface area contributed by atoms with Gasteiger partial charge in [0.1, 0.15) is 11.6 Å². The van der Waals surface area contributed by atoms with E-state index in [2.05, 4.69) is 15.6 Å². The lowest BCUT2D eigenvalue weighted by Gasteiger charge is -2.16. The molecule has 6 nitrogen and oxygen atoms in total. The minimum absolute atomic E-state index is 0.101. The summed E-state index contributed by atoms with van der Waals surface area (Å²) in [5.41, 5.74) is 4.66.